The van der Waals surface area contributed by atoms with E-state index < -0.39 is 10.0 Å². The van der Waals surface area contributed by atoms with Crippen molar-refractivity contribution in [2.75, 3.05) is 15.5 Å². The molecule has 0 bridgehead atoms. The van der Waals surface area contributed by atoms with E-state index in [0.29, 0.717) is 23.6 Å². The van der Waals surface area contributed by atoms with Gasteiger partial charge in [-0.1, -0.05) is 38.8 Å². The van der Waals surface area contributed by atoms with E-state index in [9.17, 15) is 13.7 Å². The van der Waals surface area contributed by atoms with E-state index in [2.05, 4.69) is 32.8 Å². The van der Waals surface area contributed by atoms with Crippen molar-refractivity contribution in [2.24, 2.45) is 5.84 Å². The first kappa shape index (κ1) is 26.1. The Morgan fingerprint density at radius 3 is 2.43 bits per heavy atom. The Hall–Kier alpha value is -3.94. The molecule has 0 unspecified atom stereocenters. The maximum atomic E-state index is 12.4. The van der Waals surface area contributed by atoms with E-state index in [-0.39, 0.29) is 5.75 Å². The fraction of sp³-hybridized carbons (Fsp3) is 0.296. The van der Waals surface area contributed by atoms with Crippen LogP contribution in [0.25, 0.3) is 22.2 Å². The summed E-state index contributed by atoms with van der Waals surface area (Å²) >= 11 is 0. The van der Waals surface area contributed by atoms with E-state index in [4.69, 9.17) is 5.84 Å². The largest absolute Gasteiger partial charge is 0.339 e. The van der Waals surface area contributed by atoms with Crippen molar-refractivity contribution in [1.29, 1.82) is 5.26 Å². The molecule has 0 aliphatic rings. The van der Waals surface area contributed by atoms with Crippen LogP contribution in [0, 0.1) is 11.3 Å². The lowest BCUT2D eigenvalue weighted by atomic mass is 10.1. The Morgan fingerprint density at radius 1 is 1.05 bits per heavy atom. The molecule has 37 heavy (non-hydrogen) atoms. The molecule has 4 rings (SSSR count). The van der Waals surface area contributed by atoms with Gasteiger partial charge in [0.2, 0.25) is 16.0 Å². The normalized spacial score (nSPS) is 11.4. The molecular formula is C27H31N7O2S. The van der Waals surface area contributed by atoms with Gasteiger partial charge in [-0.3, -0.25) is 0 Å². The van der Waals surface area contributed by atoms with Crippen molar-refractivity contribution in [3.05, 3.63) is 66.5 Å². The number of nitrogens with two attached hydrogens (primary N) is 1. The van der Waals surface area contributed by atoms with Crippen LogP contribution in [0.2, 0.25) is 0 Å². The summed E-state index contributed by atoms with van der Waals surface area (Å²) < 4.78 is 27.8. The maximum absolute atomic E-state index is 12.4. The number of sulfonamides is 1. The lowest BCUT2D eigenvalue weighted by molar-refractivity contribution is 0.590. The quantitative estimate of drug-likeness (QED) is 0.156. The van der Waals surface area contributed by atoms with Crippen LogP contribution in [0.4, 0.5) is 17.3 Å². The Labute approximate surface area is 217 Å². The molecule has 0 saturated heterocycles. The highest BCUT2D eigenvalue weighted by Gasteiger charge is 2.21. The zero-order chi connectivity index (χ0) is 26.4. The topological polar surface area (TPSA) is 130 Å². The van der Waals surface area contributed by atoms with Crippen molar-refractivity contribution in [3.63, 3.8) is 0 Å². The van der Waals surface area contributed by atoms with Crippen LogP contribution >= 0.6 is 0 Å². The Kier molecular flexibility index (Phi) is 8.06. The summed E-state index contributed by atoms with van der Waals surface area (Å²) in [7, 11) is -3.59. The van der Waals surface area contributed by atoms with Gasteiger partial charge in [0.25, 0.3) is 0 Å². The van der Waals surface area contributed by atoms with Gasteiger partial charge in [0.15, 0.2) is 0 Å². The molecule has 0 aliphatic heterocycles. The number of anilines is 3. The van der Waals surface area contributed by atoms with Gasteiger partial charge in [0.05, 0.1) is 28.2 Å². The van der Waals surface area contributed by atoms with E-state index in [1.807, 2.05) is 30.3 Å². The van der Waals surface area contributed by atoms with E-state index in [0.717, 1.165) is 58.1 Å². The van der Waals surface area contributed by atoms with Gasteiger partial charge < -0.3 is 9.88 Å². The Balaban J connectivity index is 1.80. The fourth-order valence-electron chi connectivity index (χ4n) is 4.37. The average molecular weight is 518 g/mol. The highest BCUT2D eigenvalue weighted by molar-refractivity contribution is 7.92. The van der Waals surface area contributed by atoms with Crippen molar-refractivity contribution in [1.82, 2.24) is 14.5 Å². The standard InChI is InChI=1S/C27H31N7O2S/c1-3-5-6-16-33-25-18-21(32-27-30-14-7-15-31-27)10-13-23(25)24(19-28)26(33)20-8-11-22(12-9-20)34(29)37(35,36)17-4-2/h7-15,18H,3-6,16-17,29H2,1-2H3,(H,30,31,32). The molecule has 2 aromatic heterocycles. The maximum Gasteiger partial charge on any atom is 0.248 e. The number of benzene rings is 2. The predicted octanol–water partition coefficient (Wildman–Crippen LogP) is 5.32. The first-order chi connectivity index (χ1) is 17.9. The highest BCUT2D eigenvalue weighted by atomic mass is 32.2. The van der Waals surface area contributed by atoms with Crippen LogP contribution in [-0.4, -0.2) is 28.7 Å². The van der Waals surface area contributed by atoms with Crippen molar-refractivity contribution >= 4 is 38.2 Å². The van der Waals surface area contributed by atoms with Crippen LogP contribution < -0.4 is 15.6 Å². The summed E-state index contributed by atoms with van der Waals surface area (Å²) in [6.07, 6.45) is 6.92. The molecular weight excluding hydrogens is 486 g/mol. The molecule has 0 fully saturated rings. The van der Waals surface area contributed by atoms with Gasteiger partial charge in [-0.05, 0) is 54.8 Å². The first-order valence-electron chi connectivity index (χ1n) is 12.4. The Morgan fingerprint density at radius 2 is 1.78 bits per heavy atom. The monoisotopic (exact) mass is 517 g/mol. The SMILES string of the molecule is CCCCCn1c(-c2ccc(N(N)S(=O)(=O)CCC)cc2)c(C#N)c2ccc(Nc3ncccn3)cc21. The number of fused-ring (bicyclic) bond motifs is 1. The third-order valence-electron chi connectivity index (χ3n) is 6.14. The van der Waals surface area contributed by atoms with Gasteiger partial charge in [-0.25, -0.2) is 28.6 Å². The molecule has 2 aromatic carbocycles. The number of hydrazine groups is 1. The molecule has 192 valence electrons. The number of hydrogen-bond acceptors (Lipinski definition) is 7. The van der Waals surface area contributed by atoms with E-state index >= 15 is 0 Å². The van der Waals surface area contributed by atoms with Crippen molar-refractivity contribution in [3.8, 4) is 17.3 Å². The van der Waals surface area contributed by atoms with Crippen LogP contribution in [0.5, 0.6) is 0 Å². The average Bonchev–Trinajstić information content (AvgIpc) is 3.21. The number of hydrogen-bond donors (Lipinski definition) is 2. The molecule has 3 N–H and O–H groups in total. The minimum Gasteiger partial charge on any atom is -0.339 e. The number of nitriles is 1. The molecule has 0 spiro atoms. The van der Waals surface area contributed by atoms with Crippen molar-refractivity contribution < 1.29 is 8.42 Å². The number of unbranched alkanes of at least 4 members (excludes halogenated alkanes) is 2. The summed E-state index contributed by atoms with van der Waals surface area (Å²) in [5.41, 5.74) is 4.31. The van der Waals surface area contributed by atoms with E-state index in [1.54, 1.807) is 37.5 Å². The zero-order valence-electron chi connectivity index (χ0n) is 21.1. The van der Waals surface area contributed by atoms with Crippen LogP contribution in [0.3, 0.4) is 0 Å². The summed E-state index contributed by atoms with van der Waals surface area (Å²) in [6.45, 7) is 4.69. The second-order valence-corrected chi connectivity index (χ2v) is 10.7. The third-order valence-corrected chi connectivity index (χ3v) is 7.87. The molecule has 0 amide bonds. The number of nitrogens with one attached hydrogen (secondary N) is 1. The van der Waals surface area contributed by atoms with Gasteiger partial charge in [-0.15, -0.1) is 0 Å². The smallest absolute Gasteiger partial charge is 0.248 e. The lowest BCUT2D eigenvalue weighted by Gasteiger charge is -2.19. The molecule has 0 aliphatic carbocycles. The number of aryl methyl sites for hydroxylation is 1. The number of rotatable bonds is 11. The van der Waals surface area contributed by atoms with Crippen LogP contribution in [0.15, 0.2) is 60.9 Å². The third kappa shape index (κ3) is 5.58. The van der Waals surface area contributed by atoms with Gasteiger partial charge in [0.1, 0.15) is 6.07 Å². The van der Waals surface area contributed by atoms with Crippen LogP contribution in [-0.2, 0) is 16.6 Å². The lowest BCUT2D eigenvalue weighted by Crippen LogP contribution is -2.38. The molecule has 2 heterocycles. The minimum absolute atomic E-state index is 0.0279. The Bertz CT molecular complexity index is 1510. The number of aromatic nitrogens is 3. The number of nitrogens with zero attached hydrogens (tertiary/aromatic N) is 5. The second-order valence-electron chi connectivity index (χ2n) is 8.78. The van der Waals surface area contributed by atoms with Gasteiger partial charge in [-0.2, -0.15) is 5.26 Å². The minimum atomic E-state index is -3.59. The first-order valence-corrected chi connectivity index (χ1v) is 14.0. The summed E-state index contributed by atoms with van der Waals surface area (Å²) in [6, 6.07) is 17.0. The molecule has 0 atom stereocenters. The molecule has 0 radical (unpaired) electrons. The molecule has 4 aromatic rings. The highest BCUT2D eigenvalue weighted by Crippen LogP contribution is 2.36. The van der Waals surface area contributed by atoms with Crippen molar-refractivity contribution in [2.45, 2.75) is 46.1 Å². The van der Waals surface area contributed by atoms with Gasteiger partial charge >= 0.3 is 0 Å². The second kappa shape index (κ2) is 11.4. The van der Waals surface area contributed by atoms with Gasteiger partial charge in [0, 0.05) is 30.0 Å². The molecule has 10 heteroatoms. The predicted molar refractivity (Wildman–Crippen MR) is 148 cm³/mol. The fourth-order valence-corrected chi connectivity index (χ4v) is 5.52. The molecule has 0 saturated carbocycles. The van der Waals surface area contributed by atoms with E-state index in [1.165, 1.54) is 0 Å². The molecule has 9 nitrogen and oxygen atoms in total. The summed E-state index contributed by atoms with van der Waals surface area (Å²) in [4.78, 5) is 8.47. The summed E-state index contributed by atoms with van der Waals surface area (Å²) in [5, 5.41) is 14.2. The summed E-state index contributed by atoms with van der Waals surface area (Å²) in [5.74, 6) is 6.39. The zero-order valence-corrected chi connectivity index (χ0v) is 21.9. The van der Waals surface area contributed by atoms with Crippen LogP contribution in [0.1, 0.15) is 45.1 Å².